The highest BCUT2D eigenvalue weighted by Gasteiger charge is 2.26. The Bertz CT molecular complexity index is 350. The first-order valence-electron chi connectivity index (χ1n) is 6.67. The van der Waals surface area contributed by atoms with E-state index in [0.717, 1.165) is 17.7 Å². The lowest BCUT2D eigenvalue weighted by Crippen LogP contribution is -2.47. The van der Waals surface area contributed by atoms with Crippen LogP contribution in [0, 0.1) is 0 Å². The summed E-state index contributed by atoms with van der Waals surface area (Å²) in [6.07, 6.45) is 1.03. The molecule has 0 aliphatic heterocycles. The van der Waals surface area contributed by atoms with E-state index in [9.17, 15) is 5.11 Å². The zero-order chi connectivity index (χ0) is 13.6. The Kier molecular flexibility index (Phi) is 5.63. The molecule has 0 aliphatic carbocycles. The van der Waals surface area contributed by atoms with Crippen molar-refractivity contribution in [2.75, 3.05) is 13.2 Å². The van der Waals surface area contributed by atoms with Crippen molar-refractivity contribution >= 4 is 0 Å². The van der Waals surface area contributed by atoms with E-state index < -0.39 is 5.54 Å². The molecular formula is C15H25NO2. The number of hydrogen-bond acceptors (Lipinski definition) is 3. The van der Waals surface area contributed by atoms with Gasteiger partial charge in [-0.3, -0.25) is 0 Å². The molecule has 0 bridgehead atoms. The first kappa shape index (κ1) is 15.0. The molecule has 0 amide bonds. The summed E-state index contributed by atoms with van der Waals surface area (Å²) in [7, 11) is 0. The zero-order valence-corrected chi connectivity index (χ0v) is 11.9. The second kappa shape index (κ2) is 6.76. The fourth-order valence-corrected chi connectivity index (χ4v) is 1.95. The normalized spacial score (nSPS) is 16.1. The summed E-state index contributed by atoms with van der Waals surface area (Å²) in [5.41, 5.74) is 0.675. The van der Waals surface area contributed by atoms with Gasteiger partial charge < -0.3 is 15.2 Å². The van der Waals surface area contributed by atoms with E-state index in [2.05, 4.69) is 19.2 Å². The number of nitrogens with one attached hydrogen (secondary N) is 1. The second-order valence-corrected chi connectivity index (χ2v) is 4.90. The minimum absolute atomic E-state index is 0.0747. The van der Waals surface area contributed by atoms with Crippen LogP contribution in [0.4, 0.5) is 0 Å². The van der Waals surface area contributed by atoms with Gasteiger partial charge in [0.2, 0.25) is 0 Å². The number of ether oxygens (including phenoxy) is 1. The average Bonchev–Trinajstić information content (AvgIpc) is 2.39. The summed E-state index contributed by atoms with van der Waals surface area (Å²) in [6.45, 7) is 8.99. The molecule has 3 nitrogen and oxygen atoms in total. The first-order valence-corrected chi connectivity index (χ1v) is 6.67. The summed E-state index contributed by atoms with van der Waals surface area (Å²) in [4.78, 5) is 0. The summed E-state index contributed by atoms with van der Waals surface area (Å²) in [5.74, 6) is 0.866. The van der Waals surface area contributed by atoms with Gasteiger partial charge in [-0.25, -0.2) is 0 Å². The lowest BCUT2D eigenvalue weighted by atomic mass is 9.91. The molecule has 3 heteroatoms. The van der Waals surface area contributed by atoms with Crippen molar-refractivity contribution in [1.29, 1.82) is 0 Å². The van der Waals surface area contributed by atoms with Gasteiger partial charge in [-0.05, 0) is 44.9 Å². The van der Waals surface area contributed by atoms with Crippen LogP contribution >= 0.6 is 0 Å². The minimum Gasteiger partial charge on any atom is -0.494 e. The molecule has 2 atom stereocenters. The van der Waals surface area contributed by atoms with Crippen molar-refractivity contribution in [1.82, 2.24) is 5.32 Å². The van der Waals surface area contributed by atoms with Crippen molar-refractivity contribution in [2.45, 2.75) is 45.7 Å². The van der Waals surface area contributed by atoms with Crippen LogP contribution in [0.5, 0.6) is 5.75 Å². The lowest BCUT2D eigenvalue weighted by molar-refractivity contribution is 0.162. The van der Waals surface area contributed by atoms with Gasteiger partial charge in [0.15, 0.2) is 0 Å². The van der Waals surface area contributed by atoms with Crippen molar-refractivity contribution in [3.05, 3.63) is 29.8 Å². The average molecular weight is 251 g/mol. The molecule has 18 heavy (non-hydrogen) atoms. The van der Waals surface area contributed by atoms with Crippen LogP contribution in [0.2, 0.25) is 0 Å². The van der Waals surface area contributed by atoms with Gasteiger partial charge in [0, 0.05) is 6.04 Å². The van der Waals surface area contributed by atoms with Gasteiger partial charge in [0.1, 0.15) is 5.75 Å². The van der Waals surface area contributed by atoms with Crippen molar-refractivity contribution in [2.24, 2.45) is 0 Å². The molecule has 0 aromatic heterocycles. The molecule has 1 rings (SSSR count). The summed E-state index contributed by atoms with van der Waals surface area (Å²) < 4.78 is 5.43. The standard InChI is InChI=1S/C15H25NO2/c1-5-12(3)16-15(4,11-17)13-7-9-14(10-8-13)18-6-2/h7-10,12,16-17H,5-6,11H2,1-4H3. The SMILES string of the molecule is CCOc1ccc(C(C)(CO)NC(C)CC)cc1. The fourth-order valence-electron chi connectivity index (χ4n) is 1.95. The Labute approximate surface area is 110 Å². The second-order valence-electron chi connectivity index (χ2n) is 4.90. The maximum absolute atomic E-state index is 9.66. The minimum atomic E-state index is -0.403. The smallest absolute Gasteiger partial charge is 0.119 e. The van der Waals surface area contributed by atoms with Gasteiger partial charge in [-0.1, -0.05) is 19.1 Å². The molecule has 1 aromatic rings. The number of benzene rings is 1. The topological polar surface area (TPSA) is 41.5 Å². The molecule has 0 aliphatic rings. The van der Waals surface area contributed by atoms with Gasteiger partial charge in [-0.15, -0.1) is 0 Å². The van der Waals surface area contributed by atoms with Crippen molar-refractivity contribution < 1.29 is 9.84 Å². The van der Waals surface area contributed by atoms with Gasteiger partial charge >= 0.3 is 0 Å². The number of rotatable bonds is 7. The van der Waals surface area contributed by atoms with E-state index in [-0.39, 0.29) is 6.61 Å². The van der Waals surface area contributed by atoms with E-state index in [1.807, 2.05) is 38.1 Å². The van der Waals surface area contributed by atoms with E-state index in [4.69, 9.17) is 4.74 Å². The molecule has 0 saturated carbocycles. The van der Waals surface area contributed by atoms with Gasteiger partial charge in [0.25, 0.3) is 0 Å². The summed E-state index contributed by atoms with van der Waals surface area (Å²) in [6, 6.07) is 8.29. The zero-order valence-electron chi connectivity index (χ0n) is 11.9. The van der Waals surface area contributed by atoms with E-state index in [1.54, 1.807) is 0 Å². The number of hydrogen-bond donors (Lipinski definition) is 2. The highest BCUT2D eigenvalue weighted by molar-refractivity contribution is 5.31. The predicted octanol–water partition coefficient (Wildman–Crippen LogP) is 2.68. The van der Waals surface area contributed by atoms with Crippen molar-refractivity contribution in [3.63, 3.8) is 0 Å². The molecule has 2 N–H and O–H groups in total. The van der Waals surface area contributed by atoms with Crippen LogP contribution in [-0.4, -0.2) is 24.4 Å². The third-order valence-electron chi connectivity index (χ3n) is 3.30. The van der Waals surface area contributed by atoms with Crippen LogP contribution in [0.3, 0.4) is 0 Å². The molecule has 1 aromatic carbocycles. The quantitative estimate of drug-likeness (QED) is 0.783. The monoisotopic (exact) mass is 251 g/mol. The highest BCUT2D eigenvalue weighted by atomic mass is 16.5. The molecule has 2 unspecified atom stereocenters. The third kappa shape index (κ3) is 3.72. The summed E-state index contributed by atoms with van der Waals surface area (Å²) >= 11 is 0. The molecule has 0 spiro atoms. The van der Waals surface area contributed by atoms with E-state index in [1.165, 1.54) is 0 Å². The molecule has 102 valence electrons. The molecule has 0 saturated heterocycles. The van der Waals surface area contributed by atoms with Crippen LogP contribution in [0.15, 0.2) is 24.3 Å². The highest BCUT2D eigenvalue weighted by Crippen LogP contribution is 2.24. The van der Waals surface area contributed by atoms with E-state index >= 15 is 0 Å². The van der Waals surface area contributed by atoms with Crippen molar-refractivity contribution in [3.8, 4) is 5.75 Å². The van der Waals surface area contributed by atoms with Crippen LogP contribution in [-0.2, 0) is 5.54 Å². The molecule has 0 fully saturated rings. The van der Waals surface area contributed by atoms with Crippen LogP contribution < -0.4 is 10.1 Å². The van der Waals surface area contributed by atoms with Gasteiger partial charge in [0.05, 0.1) is 18.8 Å². The predicted molar refractivity (Wildman–Crippen MR) is 74.9 cm³/mol. The first-order chi connectivity index (χ1) is 8.55. The van der Waals surface area contributed by atoms with Crippen LogP contribution in [0.25, 0.3) is 0 Å². The Morgan fingerprint density at radius 3 is 2.33 bits per heavy atom. The fraction of sp³-hybridized carbons (Fsp3) is 0.600. The number of aliphatic hydroxyl groups excluding tert-OH is 1. The Morgan fingerprint density at radius 2 is 1.89 bits per heavy atom. The Morgan fingerprint density at radius 1 is 1.28 bits per heavy atom. The Balaban J connectivity index is 2.86. The summed E-state index contributed by atoms with van der Waals surface area (Å²) in [5, 5.41) is 13.1. The lowest BCUT2D eigenvalue weighted by Gasteiger charge is -2.32. The van der Waals surface area contributed by atoms with Crippen LogP contribution in [0.1, 0.15) is 39.7 Å². The largest absolute Gasteiger partial charge is 0.494 e. The van der Waals surface area contributed by atoms with Gasteiger partial charge in [-0.2, -0.15) is 0 Å². The maximum Gasteiger partial charge on any atom is 0.119 e. The van der Waals surface area contributed by atoms with E-state index in [0.29, 0.717) is 12.6 Å². The molecule has 0 radical (unpaired) electrons. The number of aliphatic hydroxyl groups is 1. The Hall–Kier alpha value is -1.06. The molecular weight excluding hydrogens is 226 g/mol. The molecule has 0 heterocycles. The maximum atomic E-state index is 9.66. The third-order valence-corrected chi connectivity index (χ3v) is 3.30.